The van der Waals surface area contributed by atoms with Crippen molar-refractivity contribution in [3.8, 4) is 0 Å². The molecular formula is C10H10N5NaO3S2. The molecule has 0 bridgehead atoms. The molecule has 11 heteroatoms. The summed E-state index contributed by atoms with van der Waals surface area (Å²) < 4.78 is 1.56. The molecule has 1 amide bonds. The number of carboxylic acids is 1. The Kier molecular flexibility index (Phi) is 5.36. The standard InChI is InChI=1S/C10H11N5O3S2.Na/c1-14-10(11-12-13-14)19-4-5-2-6(9(17)18)15-7(16)3-8(15)20-5;/h2,5,8H,3-4H2,1H3,(H,17,18);/q;+1/p-1/t5?,8-;/m1./s1. The maximum Gasteiger partial charge on any atom is 1.00 e. The second-order valence-electron chi connectivity index (χ2n) is 4.33. The molecule has 1 saturated heterocycles. The maximum absolute atomic E-state index is 11.4. The van der Waals surface area contributed by atoms with Crippen LogP contribution in [0.3, 0.4) is 0 Å². The van der Waals surface area contributed by atoms with E-state index in [4.69, 9.17) is 0 Å². The van der Waals surface area contributed by atoms with E-state index in [9.17, 15) is 14.7 Å². The Hall–Kier alpha value is -0.550. The van der Waals surface area contributed by atoms with Crippen LogP contribution in [0.25, 0.3) is 0 Å². The molecule has 2 aliphatic heterocycles. The van der Waals surface area contributed by atoms with Gasteiger partial charge >= 0.3 is 29.6 Å². The van der Waals surface area contributed by atoms with Gasteiger partial charge < -0.3 is 9.90 Å². The molecule has 3 heterocycles. The molecule has 1 aromatic heterocycles. The average Bonchev–Trinajstić information content (AvgIpc) is 2.79. The van der Waals surface area contributed by atoms with E-state index in [-0.39, 0.29) is 51.8 Å². The Morgan fingerprint density at radius 3 is 2.95 bits per heavy atom. The molecule has 0 N–H and O–H groups in total. The number of aryl methyl sites for hydroxylation is 1. The van der Waals surface area contributed by atoms with Gasteiger partial charge in [-0.2, -0.15) is 0 Å². The second-order valence-corrected chi connectivity index (χ2v) is 6.74. The fourth-order valence-electron chi connectivity index (χ4n) is 2.04. The van der Waals surface area contributed by atoms with Gasteiger partial charge in [-0.1, -0.05) is 11.8 Å². The summed E-state index contributed by atoms with van der Waals surface area (Å²) in [6, 6.07) is 0. The Labute approximate surface area is 151 Å². The predicted octanol–water partition coefficient (Wildman–Crippen LogP) is -4.39. The van der Waals surface area contributed by atoms with Crippen molar-refractivity contribution in [2.75, 3.05) is 5.75 Å². The van der Waals surface area contributed by atoms with Crippen LogP contribution in [0.5, 0.6) is 0 Å². The minimum Gasteiger partial charge on any atom is -0.543 e. The van der Waals surface area contributed by atoms with Gasteiger partial charge in [-0.05, 0) is 16.5 Å². The van der Waals surface area contributed by atoms with Crippen LogP contribution < -0.4 is 34.7 Å². The van der Waals surface area contributed by atoms with Gasteiger partial charge in [0, 0.05) is 18.1 Å². The largest absolute Gasteiger partial charge is 1.00 e. The summed E-state index contributed by atoms with van der Waals surface area (Å²) in [6.07, 6.45) is 1.95. The van der Waals surface area contributed by atoms with Crippen molar-refractivity contribution in [1.82, 2.24) is 25.1 Å². The fraction of sp³-hybridized carbons (Fsp3) is 0.500. The molecule has 0 saturated carbocycles. The zero-order valence-electron chi connectivity index (χ0n) is 11.4. The molecule has 3 rings (SSSR count). The number of β-lactam (4-membered cyclic amide) rings is 1. The number of fused-ring (bicyclic) bond motifs is 1. The van der Waals surface area contributed by atoms with Crippen molar-refractivity contribution in [2.45, 2.75) is 22.2 Å². The van der Waals surface area contributed by atoms with E-state index < -0.39 is 5.97 Å². The van der Waals surface area contributed by atoms with Crippen molar-refractivity contribution in [3.05, 3.63) is 11.8 Å². The van der Waals surface area contributed by atoms with E-state index in [1.165, 1.54) is 16.7 Å². The summed E-state index contributed by atoms with van der Waals surface area (Å²) in [7, 11) is 1.74. The summed E-state index contributed by atoms with van der Waals surface area (Å²) in [5.41, 5.74) is -0.0216. The van der Waals surface area contributed by atoms with Crippen LogP contribution in [0.4, 0.5) is 0 Å². The number of hydrogen-bond acceptors (Lipinski definition) is 8. The molecule has 8 nitrogen and oxygen atoms in total. The third-order valence-electron chi connectivity index (χ3n) is 3.01. The Morgan fingerprint density at radius 1 is 1.62 bits per heavy atom. The molecule has 0 aromatic carbocycles. The zero-order valence-corrected chi connectivity index (χ0v) is 15.1. The summed E-state index contributed by atoms with van der Waals surface area (Å²) in [5, 5.41) is 22.8. The van der Waals surface area contributed by atoms with Crippen LogP contribution in [-0.2, 0) is 16.6 Å². The molecular weight excluding hydrogens is 325 g/mol. The third kappa shape index (κ3) is 3.29. The Morgan fingerprint density at radius 2 is 2.38 bits per heavy atom. The fourth-order valence-corrected chi connectivity index (χ4v) is 4.49. The number of thioether (sulfide) groups is 2. The SMILES string of the molecule is Cn1nnnc1SCC1C=C(C(=O)[O-])N2C(=O)C[C@H]2S1.[Na+]. The van der Waals surface area contributed by atoms with Crippen molar-refractivity contribution >= 4 is 35.4 Å². The van der Waals surface area contributed by atoms with E-state index in [1.807, 2.05) is 0 Å². The van der Waals surface area contributed by atoms with E-state index in [0.717, 1.165) is 0 Å². The van der Waals surface area contributed by atoms with Crippen LogP contribution in [0, 0.1) is 0 Å². The average molecular weight is 335 g/mol. The number of tetrazole rings is 1. The van der Waals surface area contributed by atoms with Crippen LogP contribution in [-0.4, -0.2) is 53.4 Å². The smallest absolute Gasteiger partial charge is 0.543 e. The number of amides is 1. The molecule has 106 valence electrons. The van der Waals surface area contributed by atoms with Gasteiger partial charge in [-0.25, -0.2) is 4.68 Å². The zero-order chi connectivity index (χ0) is 14.3. The molecule has 0 radical (unpaired) electrons. The van der Waals surface area contributed by atoms with Crippen LogP contribution in [0.1, 0.15) is 6.42 Å². The summed E-state index contributed by atoms with van der Waals surface area (Å²) in [5.74, 6) is -0.839. The van der Waals surface area contributed by atoms with E-state index in [2.05, 4.69) is 15.5 Å². The number of aromatic nitrogens is 4. The normalized spacial score (nSPS) is 23.8. The van der Waals surface area contributed by atoms with E-state index in [1.54, 1.807) is 29.6 Å². The van der Waals surface area contributed by atoms with Crippen LogP contribution in [0.15, 0.2) is 16.9 Å². The van der Waals surface area contributed by atoms with E-state index >= 15 is 0 Å². The van der Waals surface area contributed by atoms with Gasteiger partial charge in [0.05, 0.1) is 23.5 Å². The van der Waals surface area contributed by atoms with Crippen LogP contribution >= 0.6 is 23.5 Å². The van der Waals surface area contributed by atoms with Crippen molar-refractivity contribution < 1.29 is 44.3 Å². The minimum atomic E-state index is -1.31. The maximum atomic E-state index is 11.4. The van der Waals surface area contributed by atoms with Crippen LogP contribution in [0.2, 0.25) is 0 Å². The first-order valence-corrected chi connectivity index (χ1v) is 7.75. The Bertz CT molecular complexity index is 607. The number of nitrogens with zero attached hydrogens (tertiary/aromatic N) is 5. The molecule has 21 heavy (non-hydrogen) atoms. The number of hydrogen-bond donors (Lipinski definition) is 0. The van der Waals surface area contributed by atoms with Crippen molar-refractivity contribution in [1.29, 1.82) is 0 Å². The molecule has 0 spiro atoms. The van der Waals surface area contributed by atoms with Gasteiger partial charge in [0.25, 0.3) is 0 Å². The van der Waals surface area contributed by atoms with Gasteiger partial charge in [0.15, 0.2) is 0 Å². The first-order valence-electron chi connectivity index (χ1n) is 5.82. The third-order valence-corrected chi connectivity index (χ3v) is 5.69. The van der Waals surface area contributed by atoms with Crippen molar-refractivity contribution in [3.63, 3.8) is 0 Å². The summed E-state index contributed by atoms with van der Waals surface area (Å²) >= 11 is 3.02. The molecule has 2 atom stereocenters. The number of rotatable bonds is 4. The first-order chi connectivity index (χ1) is 9.56. The van der Waals surface area contributed by atoms with Gasteiger partial charge in [0.1, 0.15) is 0 Å². The second kappa shape index (κ2) is 6.69. The predicted molar refractivity (Wildman–Crippen MR) is 69.2 cm³/mol. The summed E-state index contributed by atoms with van der Waals surface area (Å²) in [4.78, 5) is 23.8. The number of carbonyl (C=O) groups is 2. The molecule has 0 aliphatic carbocycles. The minimum absolute atomic E-state index is 0. The van der Waals surface area contributed by atoms with Gasteiger partial charge in [0.2, 0.25) is 11.1 Å². The van der Waals surface area contributed by atoms with Gasteiger partial charge in [-0.15, -0.1) is 16.9 Å². The number of carbonyl (C=O) groups excluding carboxylic acids is 2. The topological polar surface area (TPSA) is 104 Å². The Balaban J connectivity index is 0.00000161. The number of aliphatic carboxylic acids is 1. The van der Waals surface area contributed by atoms with Crippen molar-refractivity contribution in [2.24, 2.45) is 7.05 Å². The van der Waals surface area contributed by atoms with Gasteiger partial charge in [-0.3, -0.25) is 9.69 Å². The molecule has 1 fully saturated rings. The monoisotopic (exact) mass is 335 g/mol. The molecule has 2 aliphatic rings. The molecule has 1 aromatic rings. The summed E-state index contributed by atoms with van der Waals surface area (Å²) in [6.45, 7) is 0. The molecule has 1 unspecified atom stereocenters. The number of carboxylic acid groups (broad SMARTS) is 1. The van der Waals surface area contributed by atoms with E-state index in [0.29, 0.717) is 17.3 Å². The quantitative estimate of drug-likeness (QED) is 0.309. The first kappa shape index (κ1) is 16.8.